The number of benzene rings is 1. The van der Waals surface area contributed by atoms with Crippen molar-refractivity contribution in [1.29, 1.82) is 0 Å². The fraction of sp³-hybridized carbons (Fsp3) is 0.375. The minimum atomic E-state index is -0.387. The predicted molar refractivity (Wildman–Crippen MR) is 131 cm³/mol. The van der Waals surface area contributed by atoms with E-state index >= 15 is 0 Å². The summed E-state index contributed by atoms with van der Waals surface area (Å²) in [6.45, 7) is 4.70. The predicted octanol–water partition coefficient (Wildman–Crippen LogP) is 2.13. The molecule has 0 radical (unpaired) electrons. The largest absolute Gasteiger partial charge is 0.461 e. The molecule has 5 heterocycles. The maximum absolute atomic E-state index is 14.4. The summed E-state index contributed by atoms with van der Waals surface area (Å²) < 4.78 is 21.2. The molecule has 1 amide bonds. The normalized spacial score (nSPS) is 18.4. The maximum Gasteiger partial charge on any atom is 0.259 e. The Bertz CT molecular complexity index is 1410. The number of hydrogen-bond donors (Lipinski definition) is 1. The van der Waals surface area contributed by atoms with Crippen LogP contribution >= 0.6 is 0 Å². The Balaban J connectivity index is 1.19. The van der Waals surface area contributed by atoms with Crippen molar-refractivity contribution < 1.29 is 13.6 Å². The van der Waals surface area contributed by atoms with Crippen molar-refractivity contribution in [3.05, 3.63) is 48.0 Å². The van der Waals surface area contributed by atoms with E-state index in [0.717, 1.165) is 12.0 Å². The molecule has 0 spiro atoms. The molecule has 0 bridgehead atoms. The second kappa shape index (κ2) is 8.77. The molecular weight excluding hydrogens is 465 g/mol. The van der Waals surface area contributed by atoms with Crippen molar-refractivity contribution in [3.8, 4) is 11.6 Å². The fourth-order valence-corrected chi connectivity index (χ4v) is 4.94. The Hall–Kier alpha value is -4.22. The van der Waals surface area contributed by atoms with E-state index in [-0.39, 0.29) is 29.5 Å². The van der Waals surface area contributed by atoms with E-state index in [2.05, 4.69) is 20.1 Å². The van der Waals surface area contributed by atoms with Gasteiger partial charge in [0.25, 0.3) is 5.78 Å². The van der Waals surface area contributed by atoms with E-state index in [9.17, 15) is 9.18 Å². The number of nitrogen functional groups attached to an aromatic ring is 1. The molecule has 1 atom stereocenters. The molecule has 0 aliphatic carbocycles. The first-order chi connectivity index (χ1) is 17.5. The second-order valence-electron chi connectivity index (χ2n) is 9.12. The van der Waals surface area contributed by atoms with Crippen molar-refractivity contribution >= 4 is 29.3 Å². The number of piperazine rings is 1. The van der Waals surface area contributed by atoms with Crippen LogP contribution in [0.4, 0.5) is 22.0 Å². The number of hydrogen-bond acceptors (Lipinski definition) is 9. The highest BCUT2D eigenvalue weighted by atomic mass is 19.1. The summed E-state index contributed by atoms with van der Waals surface area (Å²) in [5, 5.41) is 4.33. The summed E-state index contributed by atoms with van der Waals surface area (Å²) in [5.41, 5.74) is 7.63. The third-order valence-electron chi connectivity index (χ3n) is 6.79. The lowest BCUT2D eigenvalue weighted by Gasteiger charge is -2.38. The number of halogens is 1. The van der Waals surface area contributed by atoms with Crippen molar-refractivity contribution in [3.63, 3.8) is 0 Å². The summed E-state index contributed by atoms with van der Waals surface area (Å²) in [6.07, 6.45) is 3.08. The minimum Gasteiger partial charge on any atom is -0.461 e. The molecule has 2 aliphatic heterocycles. The van der Waals surface area contributed by atoms with Crippen molar-refractivity contribution in [1.82, 2.24) is 29.5 Å². The number of nitrogens with two attached hydrogens (primary N) is 1. The first-order valence-electron chi connectivity index (χ1n) is 12.0. The number of aryl methyl sites for hydroxylation is 1. The average molecular weight is 492 g/mol. The minimum absolute atomic E-state index is 0.0244. The quantitative estimate of drug-likeness (QED) is 0.457. The highest BCUT2D eigenvalue weighted by molar-refractivity contribution is 5.85. The van der Waals surface area contributed by atoms with Crippen LogP contribution in [0.1, 0.15) is 18.4 Å². The molecule has 186 valence electrons. The third kappa shape index (κ3) is 3.88. The topological polar surface area (TPSA) is 122 Å². The molecule has 2 saturated heterocycles. The summed E-state index contributed by atoms with van der Waals surface area (Å²) in [7, 11) is 0. The van der Waals surface area contributed by atoms with Crippen LogP contribution in [-0.2, 0) is 4.79 Å². The number of amides is 1. The second-order valence-corrected chi connectivity index (χ2v) is 9.12. The van der Waals surface area contributed by atoms with E-state index in [1.165, 1.54) is 4.52 Å². The van der Waals surface area contributed by atoms with Gasteiger partial charge in [0.05, 0.1) is 12.0 Å². The highest BCUT2D eigenvalue weighted by Crippen LogP contribution is 2.27. The van der Waals surface area contributed by atoms with Crippen molar-refractivity contribution in [2.75, 3.05) is 48.3 Å². The molecule has 3 aromatic heterocycles. The number of fused-ring (bicyclic) bond motifs is 1. The molecule has 6 rings (SSSR count). The van der Waals surface area contributed by atoms with Gasteiger partial charge in [-0.1, -0.05) is 6.07 Å². The van der Waals surface area contributed by atoms with E-state index in [0.29, 0.717) is 62.4 Å². The number of anilines is 3. The summed E-state index contributed by atoms with van der Waals surface area (Å²) >= 11 is 0. The maximum atomic E-state index is 14.4. The van der Waals surface area contributed by atoms with Gasteiger partial charge in [0.1, 0.15) is 11.9 Å². The van der Waals surface area contributed by atoms with Crippen LogP contribution in [0.3, 0.4) is 0 Å². The lowest BCUT2D eigenvalue weighted by atomic mass is 10.1. The molecule has 2 N–H and O–H groups in total. The van der Waals surface area contributed by atoms with E-state index in [1.54, 1.807) is 30.5 Å². The molecule has 1 aromatic carbocycles. The number of nitrogens with zero attached hydrogens (tertiary/aromatic N) is 8. The van der Waals surface area contributed by atoms with Crippen molar-refractivity contribution in [2.45, 2.75) is 25.8 Å². The molecule has 2 aliphatic rings. The van der Waals surface area contributed by atoms with Crippen LogP contribution in [0.5, 0.6) is 0 Å². The number of carbonyl (C=O) groups excluding carboxylic acids is 1. The Morgan fingerprint density at radius 1 is 1.11 bits per heavy atom. The monoisotopic (exact) mass is 491 g/mol. The molecule has 11 nitrogen and oxygen atoms in total. The highest BCUT2D eigenvalue weighted by Gasteiger charge is 2.37. The first-order valence-corrected chi connectivity index (χ1v) is 12.0. The fourth-order valence-electron chi connectivity index (χ4n) is 4.94. The van der Waals surface area contributed by atoms with Crippen LogP contribution in [-0.4, -0.2) is 74.1 Å². The van der Waals surface area contributed by atoms with Crippen LogP contribution in [0, 0.1) is 12.7 Å². The first kappa shape index (κ1) is 22.3. The number of furan rings is 1. The third-order valence-corrected chi connectivity index (χ3v) is 6.79. The van der Waals surface area contributed by atoms with Crippen LogP contribution < -0.4 is 15.5 Å². The van der Waals surface area contributed by atoms with Gasteiger partial charge >= 0.3 is 0 Å². The van der Waals surface area contributed by atoms with Crippen LogP contribution in [0.25, 0.3) is 17.4 Å². The lowest BCUT2D eigenvalue weighted by molar-refractivity contribution is -0.132. The van der Waals surface area contributed by atoms with Gasteiger partial charge < -0.3 is 24.9 Å². The summed E-state index contributed by atoms with van der Waals surface area (Å²) in [5.74, 6) is 1.43. The van der Waals surface area contributed by atoms with Gasteiger partial charge in [-0.05, 0) is 49.6 Å². The number of rotatable bonds is 4. The average Bonchev–Trinajstić information content (AvgIpc) is 3.64. The summed E-state index contributed by atoms with van der Waals surface area (Å²) in [6, 6.07) is 8.36. The number of carbonyl (C=O) groups is 1. The van der Waals surface area contributed by atoms with Gasteiger partial charge in [0.15, 0.2) is 5.76 Å². The smallest absolute Gasteiger partial charge is 0.259 e. The molecule has 2 fully saturated rings. The summed E-state index contributed by atoms with van der Waals surface area (Å²) in [4.78, 5) is 32.6. The van der Waals surface area contributed by atoms with Crippen molar-refractivity contribution in [2.24, 2.45) is 0 Å². The van der Waals surface area contributed by atoms with Gasteiger partial charge in [-0.2, -0.15) is 19.5 Å². The Morgan fingerprint density at radius 2 is 1.94 bits per heavy atom. The molecular formula is C24H26FN9O2. The standard InChI is InChI=1S/C24H26FN9O2/c1-15-6-7-17(16(25)14-15)31-9-11-32(12-10-31)21(35)18-4-2-8-33(18)23-28-22(26)34-24(29-23)27-20(30-34)19-5-3-13-36-19/h3,5-7,13-14,18H,2,4,8-12H2,1H3,(H2,26,27,28,29,30)/t18-/m0/s1. The molecule has 0 unspecified atom stereocenters. The van der Waals surface area contributed by atoms with Crippen LogP contribution in [0.15, 0.2) is 41.0 Å². The van der Waals surface area contributed by atoms with Gasteiger partial charge in [0, 0.05) is 32.7 Å². The van der Waals surface area contributed by atoms with Gasteiger partial charge in [0.2, 0.25) is 23.6 Å². The van der Waals surface area contributed by atoms with Gasteiger partial charge in [-0.25, -0.2) is 4.39 Å². The Morgan fingerprint density at radius 3 is 2.69 bits per heavy atom. The Kier molecular flexibility index (Phi) is 5.42. The van der Waals surface area contributed by atoms with Crippen LogP contribution in [0.2, 0.25) is 0 Å². The zero-order chi connectivity index (χ0) is 24.8. The zero-order valence-electron chi connectivity index (χ0n) is 19.8. The van der Waals surface area contributed by atoms with Gasteiger partial charge in [-0.15, -0.1) is 5.10 Å². The lowest BCUT2D eigenvalue weighted by Crippen LogP contribution is -2.54. The Labute approximate surface area is 206 Å². The van der Waals surface area contributed by atoms with E-state index in [4.69, 9.17) is 10.2 Å². The zero-order valence-corrected chi connectivity index (χ0v) is 19.8. The van der Waals surface area contributed by atoms with Gasteiger partial charge in [-0.3, -0.25) is 4.79 Å². The SMILES string of the molecule is Cc1ccc(N2CCN(C(=O)[C@@H]3CCCN3c3nc(N)n4nc(-c5ccco5)nc4n3)CC2)c(F)c1. The number of aromatic nitrogens is 5. The van der Waals surface area contributed by atoms with E-state index in [1.807, 2.05) is 27.7 Å². The molecule has 12 heteroatoms. The molecule has 4 aromatic rings. The molecule has 36 heavy (non-hydrogen) atoms. The van der Waals surface area contributed by atoms with E-state index < -0.39 is 0 Å². The molecule has 0 saturated carbocycles.